The summed E-state index contributed by atoms with van der Waals surface area (Å²) in [5.41, 5.74) is 0. The smallest absolute Gasteiger partial charge is 0.105 e. The second kappa shape index (κ2) is 11.8. The molecule has 0 aromatic rings. The summed E-state index contributed by atoms with van der Waals surface area (Å²) in [5.74, 6) is 1.40. The van der Waals surface area contributed by atoms with E-state index in [1.807, 2.05) is 0 Å². The van der Waals surface area contributed by atoms with Gasteiger partial charge in [-0.3, -0.25) is 0 Å². The van der Waals surface area contributed by atoms with Gasteiger partial charge in [-0.1, -0.05) is 19.8 Å². The first kappa shape index (κ1) is 12.7. The van der Waals surface area contributed by atoms with Gasteiger partial charge in [0.1, 0.15) is 5.75 Å². The van der Waals surface area contributed by atoms with Crippen molar-refractivity contribution in [2.75, 3.05) is 12.0 Å². The third-order valence-corrected chi connectivity index (χ3v) is 2.00. The van der Waals surface area contributed by atoms with Crippen LogP contribution in [0.4, 0.5) is 0 Å². The maximum absolute atomic E-state index is 2.25. The Labute approximate surface area is 80.2 Å². The molecule has 0 aliphatic carbocycles. The Hall–Kier alpha value is 1.08. The normalized spacial score (nSPS) is 8.67. The van der Waals surface area contributed by atoms with E-state index in [4.69, 9.17) is 0 Å². The van der Waals surface area contributed by atoms with Crippen LogP contribution >= 0.6 is 0 Å². The molecule has 0 atom stereocenters. The molecule has 0 nitrogen and oxygen atoms in total. The van der Waals surface area contributed by atoms with Gasteiger partial charge in [0, 0.05) is 0 Å². The maximum Gasteiger partial charge on any atom is 0.105 e. The van der Waals surface area contributed by atoms with Crippen LogP contribution in [0.1, 0.15) is 32.6 Å². The number of hydrogen-bond donors (Lipinski definition) is 0. The molecule has 0 fully saturated rings. The molecule has 0 aliphatic heterocycles. The molecule has 0 saturated carbocycles. The summed E-state index contributed by atoms with van der Waals surface area (Å²) in [6.07, 6.45) is 7.89. The minimum Gasteiger partial charge on any atom is -1.00 e. The van der Waals surface area contributed by atoms with Crippen molar-refractivity contribution in [3.63, 3.8) is 0 Å². The van der Waals surface area contributed by atoms with Gasteiger partial charge in [-0.25, -0.2) is 0 Å². The van der Waals surface area contributed by atoms with Crippen LogP contribution in [0.5, 0.6) is 0 Å². The van der Waals surface area contributed by atoms with Gasteiger partial charge < -0.3 is 24.0 Å². The highest BCUT2D eigenvalue weighted by Gasteiger charge is 1.88. The summed E-state index contributed by atoms with van der Waals surface area (Å²) in [5, 5.41) is 0. The lowest BCUT2D eigenvalue weighted by Gasteiger charge is -1.89. The van der Waals surface area contributed by atoms with Crippen molar-refractivity contribution in [2.24, 2.45) is 0 Å². The summed E-state index contributed by atoms with van der Waals surface area (Å²) >= 11 is 1.56. The standard InChI is InChI=1S/C7H16S.HI/c1-3-4-5-6-7-8-2;/h3-7H2,1-2H3;1H. The van der Waals surface area contributed by atoms with Gasteiger partial charge in [-0.05, 0) is 24.6 Å². The Balaban J connectivity index is 0. The quantitative estimate of drug-likeness (QED) is 0.258. The van der Waals surface area contributed by atoms with Gasteiger partial charge in [0.25, 0.3) is 0 Å². The molecule has 0 spiro atoms. The summed E-state index contributed by atoms with van der Waals surface area (Å²) in [4.78, 5) is 0. The van der Waals surface area contributed by atoms with Crippen molar-refractivity contribution in [3.8, 4) is 0 Å². The van der Waals surface area contributed by atoms with Crippen LogP contribution in [-0.2, 0) is 11.8 Å². The molecule has 0 heterocycles. The number of hydrogen-bond acceptors (Lipinski definition) is 0. The van der Waals surface area contributed by atoms with Crippen molar-refractivity contribution < 1.29 is 24.0 Å². The Bertz CT molecular complexity index is 33.9. The average Bonchev–Trinajstić information content (AvgIpc) is 1.81. The van der Waals surface area contributed by atoms with Crippen molar-refractivity contribution in [1.82, 2.24) is 0 Å². The van der Waals surface area contributed by atoms with E-state index < -0.39 is 0 Å². The lowest BCUT2D eigenvalue weighted by atomic mass is 10.2. The first-order valence-electron chi connectivity index (χ1n) is 3.47. The Morgan fingerprint density at radius 3 is 2.22 bits per heavy atom. The van der Waals surface area contributed by atoms with E-state index in [2.05, 4.69) is 13.2 Å². The maximum atomic E-state index is 2.25. The Morgan fingerprint density at radius 2 is 1.78 bits per heavy atom. The fraction of sp³-hybridized carbons (Fsp3) is 1.00. The van der Waals surface area contributed by atoms with Crippen LogP contribution < -0.4 is 24.0 Å². The van der Waals surface area contributed by atoms with Crippen LogP contribution in [0.3, 0.4) is 0 Å². The highest BCUT2D eigenvalue weighted by molar-refractivity contribution is 7.77. The van der Waals surface area contributed by atoms with E-state index in [0.717, 1.165) is 0 Å². The lowest BCUT2D eigenvalue weighted by Crippen LogP contribution is -3.00. The van der Waals surface area contributed by atoms with Crippen LogP contribution in [-0.4, -0.2) is 12.0 Å². The van der Waals surface area contributed by atoms with E-state index in [-0.39, 0.29) is 24.0 Å². The summed E-state index contributed by atoms with van der Waals surface area (Å²) in [6, 6.07) is 0. The molecule has 2 heteroatoms. The predicted molar refractivity (Wildman–Crippen MR) is 43.7 cm³/mol. The summed E-state index contributed by atoms with van der Waals surface area (Å²) in [7, 11) is 0. The van der Waals surface area contributed by atoms with Gasteiger partial charge in [-0.15, -0.1) is 0 Å². The van der Waals surface area contributed by atoms with Crippen LogP contribution in [0.15, 0.2) is 0 Å². The van der Waals surface area contributed by atoms with E-state index in [1.165, 1.54) is 31.4 Å². The zero-order chi connectivity index (χ0) is 6.24. The molecule has 0 N–H and O–H groups in total. The van der Waals surface area contributed by atoms with E-state index >= 15 is 0 Å². The van der Waals surface area contributed by atoms with Crippen LogP contribution in [0.2, 0.25) is 0 Å². The highest BCUT2D eigenvalue weighted by atomic mass is 127. The van der Waals surface area contributed by atoms with Crippen molar-refractivity contribution >= 4 is 11.8 Å². The van der Waals surface area contributed by atoms with E-state index in [9.17, 15) is 0 Å². The zero-order valence-electron chi connectivity index (χ0n) is 6.36. The second-order valence-electron chi connectivity index (χ2n) is 2.10. The van der Waals surface area contributed by atoms with E-state index in [1.54, 1.807) is 11.8 Å². The molecule has 0 aromatic carbocycles. The molecule has 0 rings (SSSR count). The second-order valence-corrected chi connectivity index (χ2v) is 3.18. The van der Waals surface area contributed by atoms with Gasteiger partial charge in [0.2, 0.25) is 0 Å². The highest BCUT2D eigenvalue weighted by Crippen LogP contribution is 1.97. The topological polar surface area (TPSA) is 0 Å². The molecule has 0 aliphatic rings. The number of halogens is 1. The van der Waals surface area contributed by atoms with Crippen molar-refractivity contribution in [3.05, 3.63) is 0 Å². The fourth-order valence-electron chi connectivity index (χ4n) is 0.697. The number of rotatable bonds is 5. The van der Waals surface area contributed by atoms with Gasteiger partial charge in [0.05, 0.1) is 6.26 Å². The number of unbranched alkanes of at least 4 members (excludes halogenated alkanes) is 3. The monoisotopic (exact) mass is 260 g/mol. The Morgan fingerprint density at radius 1 is 1.11 bits per heavy atom. The molecule has 0 unspecified atom stereocenters. The largest absolute Gasteiger partial charge is 1.00 e. The fourth-order valence-corrected chi connectivity index (χ4v) is 1.24. The molecular weight excluding hydrogens is 243 g/mol. The van der Waals surface area contributed by atoms with Gasteiger partial charge in [0.15, 0.2) is 0 Å². The molecule has 0 saturated heterocycles. The predicted octanol–water partition coefficient (Wildman–Crippen LogP) is -0.985. The molecule has 0 aromatic heterocycles. The Kier molecular flexibility index (Phi) is 16.7. The zero-order valence-corrected chi connectivity index (χ0v) is 9.41. The summed E-state index contributed by atoms with van der Waals surface area (Å²) < 4.78 is 0. The summed E-state index contributed by atoms with van der Waals surface area (Å²) in [6.45, 7) is 2.25. The molecule has 0 bridgehead atoms. The average molecular weight is 260 g/mol. The molecule has 58 valence electrons. The van der Waals surface area contributed by atoms with Gasteiger partial charge >= 0.3 is 0 Å². The molecule has 9 heavy (non-hydrogen) atoms. The van der Waals surface area contributed by atoms with Gasteiger partial charge in [-0.2, -0.15) is 0 Å². The SMILES string of the molecule is CCCCCC[SH+]C.[I-]. The third kappa shape index (κ3) is 12.3. The van der Waals surface area contributed by atoms with Crippen LogP contribution in [0.25, 0.3) is 0 Å². The first-order valence-corrected chi connectivity index (χ1v) is 5.00. The lowest BCUT2D eigenvalue weighted by molar-refractivity contribution is -0.00000183. The first-order chi connectivity index (χ1) is 3.91. The number of thiol groups is 1. The van der Waals surface area contributed by atoms with Crippen molar-refractivity contribution in [1.29, 1.82) is 0 Å². The van der Waals surface area contributed by atoms with E-state index in [0.29, 0.717) is 0 Å². The molecule has 0 radical (unpaired) electrons. The molecular formula is C7H17IS. The third-order valence-electron chi connectivity index (χ3n) is 1.24. The molecule has 0 amide bonds. The van der Waals surface area contributed by atoms with Crippen molar-refractivity contribution in [2.45, 2.75) is 32.6 Å². The van der Waals surface area contributed by atoms with Crippen LogP contribution in [0, 0.1) is 0 Å². The minimum absolute atomic E-state index is 0. The minimum atomic E-state index is 0.